The Morgan fingerprint density at radius 2 is 2.00 bits per heavy atom. The summed E-state index contributed by atoms with van der Waals surface area (Å²) in [4.78, 5) is 60.0. The van der Waals surface area contributed by atoms with Gasteiger partial charge in [0.05, 0.1) is 0 Å². The Balaban J connectivity index is 1.40. The molecule has 2 aliphatic heterocycles. The number of aromatic nitrogens is 2. The molecule has 3 atom stereocenters. The predicted molar refractivity (Wildman–Crippen MR) is 129 cm³/mol. The van der Waals surface area contributed by atoms with Gasteiger partial charge in [0.1, 0.15) is 29.6 Å². The highest BCUT2D eigenvalue weighted by Gasteiger charge is 2.54. The van der Waals surface area contributed by atoms with Crippen LogP contribution < -0.4 is 16.4 Å². The van der Waals surface area contributed by atoms with Gasteiger partial charge in [-0.15, -0.1) is 22.0 Å². The van der Waals surface area contributed by atoms with Gasteiger partial charge in [0.2, 0.25) is 18.2 Å². The fraction of sp³-hybridized carbons (Fsp3) is 0.286. The van der Waals surface area contributed by atoms with E-state index in [9.17, 15) is 29.1 Å². The lowest BCUT2D eigenvalue weighted by molar-refractivity contribution is -0.150. The molecule has 0 aliphatic carbocycles. The summed E-state index contributed by atoms with van der Waals surface area (Å²) in [6.07, 6.45) is 0.0839. The Morgan fingerprint density at radius 1 is 1.27 bits per heavy atom. The molecule has 1 fully saturated rings. The second-order valence-corrected chi connectivity index (χ2v) is 9.87. The standard InChI is InChI=1S/C21H20N6O8S2/c22-14(9-1-3-11(4-2-9)23-8-28)17(31)24-15-18(32)27-16(20(33)34)10(6-36-19(15)27)7-37-21-26-25-12(35-21)5-13(29)30/h1-4,8,14-15,19H,5-7,22H2,(H,23,28)(H,24,31)(H,29,30)(H,33,34)/t14?,15?,19-/m1/s1. The van der Waals surface area contributed by atoms with Crippen molar-refractivity contribution < 1.29 is 38.6 Å². The van der Waals surface area contributed by atoms with E-state index in [1.165, 1.54) is 11.8 Å². The summed E-state index contributed by atoms with van der Waals surface area (Å²) in [6.45, 7) is 0. The van der Waals surface area contributed by atoms with Crippen LogP contribution in [0.5, 0.6) is 0 Å². The Bertz CT molecular complexity index is 1280. The highest BCUT2D eigenvalue weighted by atomic mass is 32.2. The van der Waals surface area contributed by atoms with Gasteiger partial charge in [-0.25, -0.2) is 4.79 Å². The quantitative estimate of drug-likeness (QED) is 0.140. The number of carbonyl (C=O) groups excluding carboxylic acids is 3. The third-order valence-electron chi connectivity index (χ3n) is 5.45. The van der Waals surface area contributed by atoms with Crippen molar-refractivity contribution >= 4 is 59.4 Å². The van der Waals surface area contributed by atoms with E-state index in [1.807, 2.05) is 0 Å². The van der Waals surface area contributed by atoms with Crippen molar-refractivity contribution in [2.75, 3.05) is 16.8 Å². The highest BCUT2D eigenvalue weighted by Crippen LogP contribution is 2.41. The van der Waals surface area contributed by atoms with Gasteiger partial charge in [-0.1, -0.05) is 23.9 Å². The number of hydrogen-bond acceptors (Lipinski definition) is 11. The molecule has 6 N–H and O–H groups in total. The van der Waals surface area contributed by atoms with Crippen molar-refractivity contribution in [3.63, 3.8) is 0 Å². The van der Waals surface area contributed by atoms with Gasteiger partial charge in [-0.05, 0) is 23.3 Å². The number of hydrogen-bond donors (Lipinski definition) is 5. The van der Waals surface area contributed by atoms with Crippen LogP contribution in [-0.4, -0.2) is 78.4 Å². The fourth-order valence-corrected chi connectivity index (χ4v) is 5.96. The molecule has 16 heteroatoms. The zero-order chi connectivity index (χ0) is 26.7. The van der Waals surface area contributed by atoms with Crippen LogP contribution in [0.2, 0.25) is 0 Å². The van der Waals surface area contributed by atoms with Crippen molar-refractivity contribution in [1.29, 1.82) is 0 Å². The molecular formula is C21H20N6O8S2. The summed E-state index contributed by atoms with van der Waals surface area (Å²) in [6, 6.07) is 4.27. The van der Waals surface area contributed by atoms with Crippen LogP contribution in [0.4, 0.5) is 5.69 Å². The lowest BCUT2D eigenvalue weighted by Crippen LogP contribution is -2.71. The van der Waals surface area contributed by atoms with Gasteiger partial charge in [0.25, 0.3) is 11.1 Å². The monoisotopic (exact) mass is 548 g/mol. The molecule has 0 spiro atoms. The maximum absolute atomic E-state index is 12.9. The molecule has 3 heterocycles. The van der Waals surface area contributed by atoms with Gasteiger partial charge in [0.15, 0.2) is 0 Å². The highest BCUT2D eigenvalue weighted by molar-refractivity contribution is 8.01. The number of amides is 3. The molecule has 2 unspecified atom stereocenters. The first-order chi connectivity index (χ1) is 17.7. The Morgan fingerprint density at radius 3 is 2.65 bits per heavy atom. The van der Waals surface area contributed by atoms with E-state index in [0.717, 1.165) is 16.7 Å². The molecule has 37 heavy (non-hydrogen) atoms. The number of aliphatic carboxylic acids is 2. The summed E-state index contributed by atoms with van der Waals surface area (Å²) >= 11 is 2.31. The average Bonchev–Trinajstić information content (AvgIpc) is 3.31. The maximum Gasteiger partial charge on any atom is 0.352 e. The maximum atomic E-state index is 12.9. The van der Waals surface area contributed by atoms with Gasteiger partial charge >= 0.3 is 11.9 Å². The SMILES string of the molecule is NC(C(=O)NC1C(=O)N2C(C(=O)O)=C(CSc3nnc(CC(=O)O)o3)CS[C@H]12)c1ccc(NC=O)cc1. The van der Waals surface area contributed by atoms with Gasteiger partial charge in [0, 0.05) is 17.2 Å². The van der Waals surface area contributed by atoms with Gasteiger partial charge < -0.3 is 31.0 Å². The lowest BCUT2D eigenvalue weighted by Gasteiger charge is -2.49. The van der Waals surface area contributed by atoms with E-state index in [4.69, 9.17) is 15.3 Å². The Hall–Kier alpha value is -3.89. The van der Waals surface area contributed by atoms with Crippen LogP contribution in [0, 0.1) is 0 Å². The average molecular weight is 549 g/mol. The number of anilines is 1. The lowest BCUT2D eigenvalue weighted by atomic mass is 10.0. The minimum absolute atomic E-state index is 0.0737. The van der Waals surface area contributed by atoms with Crippen molar-refractivity contribution in [2.45, 2.75) is 29.1 Å². The minimum Gasteiger partial charge on any atom is -0.481 e. The number of thioether (sulfide) groups is 2. The van der Waals surface area contributed by atoms with E-state index < -0.39 is 47.6 Å². The van der Waals surface area contributed by atoms with Crippen LogP contribution in [0.1, 0.15) is 17.5 Å². The first-order valence-corrected chi connectivity index (χ1v) is 12.7. The van der Waals surface area contributed by atoms with Crippen molar-refractivity contribution in [2.24, 2.45) is 5.73 Å². The molecule has 0 bridgehead atoms. The number of nitrogens with one attached hydrogen (secondary N) is 2. The topological polar surface area (TPSA) is 218 Å². The van der Waals surface area contributed by atoms with Crippen LogP contribution in [-0.2, 0) is 30.4 Å². The first-order valence-electron chi connectivity index (χ1n) is 10.6. The summed E-state index contributed by atoms with van der Waals surface area (Å²) in [5, 5.41) is 30.5. The predicted octanol–water partition coefficient (Wildman–Crippen LogP) is -0.204. The van der Waals surface area contributed by atoms with E-state index >= 15 is 0 Å². The number of carbonyl (C=O) groups is 5. The molecule has 1 saturated heterocycles. The number of carboxylic acid groups (broad SMARTS) is 2. The normalized spacial score (nSPS) is 19.5. The second-order valence-electron chi connectivity index (χ2n) is 7.84. The van der Waals surface area contributed by atoms with Crippen LogP contribution in [0.3, 0.4) is 0 Å². The number of β-lactam (4-membered cyclic amide) rings is 1. The number of carboxylic acids is 2. The van der Waals surface area contributed by atoms with E-state index in [1.54, 1.807) is 24.3 Å². The number of benzene rings is 1. The molecular weight excluding hydrogens is 528 g/mol. The zero-order valence-corrected chi connectivity index (χ0v) is 20.5. The third kappa shape index (κ3) is 5.60. The number of fused-ring (bicyclic) bond motifs is 1. The van der Waals surface area contributed by atoms with Crippen molar-refractivity contribution in [3.8, 4) is 0 Å². The smallest absolute Gasteiger partial charge is 0.352 e. The zero-order valence-electron chi connectivity index (χ0n) is 18.8. The van der Waals surface area contributed by atoms with Crippen molar-refractivity contribution in [3.05, 3.63) is 47.0 Å². The largest absolute Gasteiger partial charge is 0.481 e. The molecule has 194 valence electrons. The fourth-order valence-electron chi connectivity index (χ4n) is 3.69. The summed E-state index contributed by atoms with van der Waals surface area (Å²) in [7, 11) is 0. The molecule has 1 aromatic carbocycles. The number of nitrogens with zero attached hydrogens (tertiary/aromatic N) is 3. The van der Waals surface area contributed by atoms with Crippen LogP contribution >= 0.6 is 23.5 Å². The van der Waals surface area contributed by atoms with Crippen LogP contribution in [0.25, 0.3) is 0 Å². The van der Waals surface area contributed by atoms with E-state index in [0.29, 0.717) is 23.2 Å². The van der Waals surface area contributed by atoms with E-state index in [-0.39, 0.29) is 28.3 Å². The molecule has 0 radical (unpaired) electrons. The number of rotatable bonds is 11. The Kier molecular flexibility index (Phi) is 7.80. The minimum atomic E-state index is -1.29. The molecule has 2 aliphatic rings. The second kappa shape index (κ2) is 11.0. The Labute approximate surface area is 217 Å². The number of nitrogens with two attached hydrogens (primary N) is 1. The van der Waals surface area contributed by atoms with Crippen molar-refractivity contribution in [1.82, 2.24) is 20.4 Å². The van der Waals surface area contributed by atoms with Gasteiger partial charge in [-0.3, -0.25) is 24.1 Å². The molecule has 1 aromatic heterocycles. The van der Waals surface area contributed by atoms with E-state index in [2.05, 4.69) is 20.8 Å². The third-order valence-corrected chi connectivity index (χ3v) is 7.69. The molecule has 2 aromatic rings. The van der Waals surface area contributed by atoms with Gasteiger partial charge in [-0.2, -0.15) is 0 Å². The summed E-state index contributed by atoms with van der Waals surface area (Å²) in [5.41, 5.74) is 7.28. The molecule has 14 nitrogen and oxygen atoms in total. The molecule has 3 amide bonds. The molecule has 0 saturated carbocycles. The molecule has 4 rings (SSSR count). The van der Waals surface area contributed by atoms with Crippen LogP contribution in [0.15, 0.2) is 45.2 Å². The summed E-state index contributed by atoms with van der Waals surface area (Å²) < 4.78 is 5.23. The first kappa shape index (κ1) is 26.2. The summed E-state index contributed by atoms with van der Waals surface area (Å²) in [5.74, 6) is -3.30.